The van der Waals surface area contributed by atoms with Crippen LogP contribution in [0.3, 0.4) is 0 Å². The van der Waals surface area contributed by atoms with Gasteiger partial charge in [0.2, 0.25) is 0 Å². The Bertz CT molecular complexity index is 265. The summed E-state index contributed by atoms with van der Waals surface area (Å²) in [5, 5.41) is 3.42. The highest BCUT2D eigenvalue weighted by atomic mass is 16.5. The maximum atomic E-state index is 5.93. The van der Waals surface area contributed by atoms with Crippen LogP contribution in [0.15, 0.2) is 24.3 Å². The number of hydrogen-bond donors (Lipinski definition) is 1. The van der Waals surface area contributed by atoms with Crippen molar-refractivity contribution in [1.82, 2.24) is 5.32 Å². The first kappa shape index (κ1) is 10.5. The molecule has 15 heavy (non-hydrogen) atoms. The Morgan fingerprint density at radius 1 is 1.13 bits per heavy atom. The van der Waals surface area contributed by atoms with E-state index in [0.717, 1.165) is 25.3 Å². The van der Waals surface area contributed by atoms with Gasteiger partial charge in [0.15, 0.2) is 0 Å². The lowest BCUT2D eigenvalue weighted by molar-refractivity contribution is 0.171. The van der Waals surface area contributed by atoms with Crippen LogP contribution < -0.4 is 10.1 Å². The van der Waals surface area contributed by atoms with E-state index in [0.29, 0.717) is 6.10 Å². The van der Waals surface area contributed by atoms with Crippen LogP contribution in [0.25, 0.3) is 0 Å². The van der Waals surface area contributed by atoms with Gasteiger partial charge in [0.05, 0.1) is 6.10 Å². The molecule has 0 spiro atoms. The number of rotatable bonds is 2. The van der Waals surface area contributed by atoms with Crippen molar-refractivity contribution in [2.45, 2.75) is 31.8 Å². The summed E-state index contributed by atoms with van der Waals surface area (Å²) in [6.07, 6.45) is 5.19. The van der Waals surface area contributed by atoms with Crippen molar-refractivity contribution in [3.8, 4) is 5.75 Å². The van der Waals surface area contributed by atoms with Crippen LogP contribution in [0, 0.1) is 6.07 Å². The molecule has 0 amide bonds. The van der Waals surface area contributed by atoms with E-state index in [4.69, 9.17) is 4.74 Å². The third-order valence-corrected chi connectivity index (χ3v) is 2.76. The van der Waals surface area contributed by atoms with Gasteiger partial charge in [-0.2, -0.15) is 0 Å². The van der Waals surface area contributed by atoms with E-state index in [1.165, 1.54) is 19.3 Å². The molecule has 1 N–H and O–H groups in total. The zero-order valence-corrected chi connectivity index (χ0v) is 9.04. The van der Waals surface area contributed by atoms with Gasteiger partial charge in [0.25, 0.3) is 0 Å². The quantitative estimate of drug-likeness (QED) is 0.798. The van der Waals surface area contributed by atoms with Gasteiger partial charge < -0.3 is 10.1 Å². The predicted octanol–water partition coefficient (Wildman–Crippen LogP) is 2.40. The zero-order chi connectivity index (χ0) is 10.3. The Morgan fingerprint density at radius 3 is 2.87 bits per heavy atom. The molecule has 2 nitrogen and oxygen atoms in total. The normalized spacial score (nSPS) is 22.8. The van der Waals surface area contributed by atoms with Gasteiger partial charge >= 0.3 is 0 Å². The molecule has 0 aliphatic carbocycles. The van der Waals surface area contributed by atoms with E-state index in [-0.39, 0.29) is 0 Å². The fraction of sp³-hybridized carbons (Fsp3) is 0.538. The molecule has 1 atom stereocenters. The topological polar surface area (TPSA) is 21.3 Å². The molecule has 1 radical (unpaired) electrons. The molecule has 81 valence electrons. The smallest absolute Gasteiger partial charge is 0.119 e. The molecule has 2 rings (SSSR count). The second-order valence-electron chi connectivity index (χ2n) is 4.01. The van der Waals surface area contributed by atoms with Gasteiger partial charge in [0, 0.05) is 0 Å². The summed E-state index contributed by atoms with van der Waals surface area (Å²) in [6, 6.07) is 10.8. The van der Waals surface area contributed by atoms with Crippen molar-refractivity contribution in [2.24, 2.45) is 0 Å². The minimum Gasteiger partial charge on any atom is -0.490 e. The molecule has 0 saturated carbocycles. The van der Waals surface area contributed by atoms with Crippen LogP contribution in [-0.2, 0) is 0 Å². The summed E-state index contributed by atoms with van der Waals surface area (Å²) in [5.74, 6) is 0.972. The first-order chi connectivity index (χ1) is 7.45. The molecule has 1 unspecified atom stereocenters. The Morgan fingerprint density at radius 2 is 2.00 bits per heavy atom. The van der Waals surface area contributed by atoms with Gasteiger partial charge in [-0.3, -0.25) is 0 Å². The molecule has 1 heterocycles. The van der Waals surface area contributed by atoms with Gasteiger partial charge in [-0.15, -0.1) is 0 Å². The van der Waals surface area contributed by atoms with E-state index in [1.807, 2.05) is 24.3 Å². The summed E-state index contributed by atoms with van der Waals surface area (Å²) in [7, 11) is 0. The predicted molar refractivity (Wildman–Crippen MR) is 61.0 cm³/mol. The van der Waals surface area contributed by atoms with Crippen LogP contribution >= 0.6 is 0 Å². The lowest BCUT2D eigenvalue weighted by Crippen LogP contribution is -2.28. The third kappa shape index (κ3) is 3.56. The molecule has 1 aliphatic heterocycles. The molecule has 0 bridgehead atoms. The van der Waals surface area contributed by atoms with Crippen LogP contribution in [0.2, 0.25) is 0 Å². The van der Waals surface area contributed by atoms with Gasteiger partial charge in [-0.05, 0) is 57.0 Å². The number of nitrogens with one attached hydrogen (secondary N) is 1. The summed E-state index contributed by atoms with van der Waals surface area (Å²) >= 11 is 0. The fourth-order valence-electron chi connectivity index (χ4n) is 1.91. The van der Waals surface area contributed by atoms with E-state index < -0.39 is 0 Å². The number of ether oxygens (including phenoxy) is 1. The molecule has 1 aromatic carbocycles. The summed E-state index contributed by atoms with van der Waals surface area (Å²) in [4.78, 5) is 0. The molecular formula is C13H18NO. The average molecular weight is 204 g/mol. The van der Waals surface area contributed by atoms with Crippen molar-refractivity contribution in [2.75, 3.05) is 13.1 Å². The van der Waals surface area contributed by atoms with Gasteiger partial charge in [-0.25, -0.2) is 0 Å². The highest BCUT2D eigenvalue weighted by Gasteiger charge is 2.11. The second-order valence-corrected chi connectivity index (χ2v) is 4.01. The molecule has 1 aliphatic rings. The largest absolute Gasteiger partial charge is 0.490 e. The lowest BCUT2D eigenvalue weighted by Gasteiger charge is -2.21. The Hall–Kier alpha value is -1.02. The fourth-order valence-corrected chi connectivity index (χ4v) is 1.91. The molecule has 1 saturated heterocycles. The minimum absolute atomic E-state index is 0.375. The maximum absolute atomic E-state index is 5.93. The van der Waals surface area contributed by atoms with E-state index >= 15 is 0 Å². The zero-order valence-electron chi connectivity index (χ0n) is 9.04. The average Bonchev–Trinajstić information content (AvgIpc) is 2.23. The second kappa shape index (κ2) is 5.76. The van der Waals surface area contributed by atoms with Crippen molar-refractivity contribution < 1.29 is 4.74 Å². The van der Waals surface area contributed by atoms with Crippen molar-refractivity contribution in [3.05, 3.63) is 30.3 Å². The minimum atomic E-state index is 0.375. The lowest BCUT2D eigenvalue weighted by atomic mass is 10.1. The van der Waals surface area contributed by atoms with Crippen molar-refractivity contribution >= 4 is 0 Å². The van der Waals surface area contributed by atoms with Crippen LogP contribution in [0.5, 0.6) is 5.75 Å². The molecule has 1 fully saturated rings. The Labute approximate surface area is 91.6 Å². The first-order valence-electron chi connectivity index (χ1n) is 5.78. The summed E-state index contributed by atoms with van der Waals surface area (Å²) in [5.41, 5.74) is 0. The third-order valence-electron chi connectivity index (χ3n) is 2.76. The van der Waals surface area contributed by atoms with Gasteiger partial charge in [-0.1, -0.05) is 12.1 Å². The highest BCUT2D eigenvalue weighted by molar-refractivity contribution is 5.20. The monoisotopic (exact) mass is 204 g/mol. The van der Waals surface area contributed by atoms with Crippen molar-refractivity contribution in [3.63, 3.8) is 0 Å². The molecule has 2 heteroatoms. The maximum Gasteiger partial charge on any atom is 0.119 e. The van der Waals surface area contributed by atoms with Crippen molar-refractivity contribution in [1.29, 1.82) is 0 Å². The Balaban J connectivity index is 1.86. The first-order valence-corrected chi connectivity index (χ1v) is 5.78. The van der Waals surface area contributed by atoms with Crippen LogP contribution in [0.1, 0.15) is 25.7 Å². The van der Waals surface area contributed by atoms with E-state index in [2.05, 4.69) is 11.4 Å². The molecule has 1 aromatic rings. The molecule has 0 aromatic heterocycles. The van der Waals surface area contributed by atoms with E-state index in [1.54, 1.807) is 0 Å². The Kier molecular flexibility index (Phi) is 4.03. The number of hydrogen-bond acceptors (Lipinski definition) is 2. The number of benzene rings is 1. The standard InChI is InChI=1S/C13H18NO/c1-2-6-12(7-3-1)15-13-8-4-5-10-14-11-9-13/h2-3,6-7,13-14H,4-5,8-11H2. The summed E-state index contributed by atoms with van der Waals surface area (Å²) in [6.45, 7) is 2.23. The van der Waals surface area contributed by atoms with Crippen LogP contribution in [0.4, 0.5) is 0 Å². The van der Waals surface area contributed by atoms with Gasteiger partial charge in [0.1, 0.15) is 5.75 Å². The SMILES string of the molecule is [c]1ccc(OC2CCCCNCC2)cc1. The van der Waals surface area contributed by atoms with Crippen LogP contribution in [-0.4, -0.2) is 19.2 Å². The highest BCUT2D eigenvalue weighted by Crippen LogP contribution is 2.16. The molecular weight excluding hydrogens is 186 g/mol. The van der Waals surface area contributed by atoms with E-state index in [9.17, 15) is 0 Å². The summed E-state index contributed by atoms with van der Waals surface area (Å²) < 4.78 is 5.93.